The van der Waals surface area contributed by atoms with Gasteiger partial charge in [-0.2, -0.15) is 5.10 Å². The molecule has 36 heavy (non-hydrogen) atoms. The summed E-state index contributed by atoms with van der Waals surface area (Å²) in [7, 11) is 6.53. The van der Waals surface area contributed by atoms with Gasteiger partial charge in [0.2, 0.25) is 0 Å². The molecule has 1 aromatic heterocycles. The number of amides is 1. The number of nitrogens with one attached hydrogen (secondary N) is 1. The number of allylic oxidation sites excluding steroid dienone is 4. The molecule has 0 saturated heterocycles. The summed E-state index contributed by atoms with van der Waals surface area (Å²) in [5.74, 6) is 1.29. The number of likely N-dealkylation sites (N-methyl/N-ethyl adjacent to an activating group) is 1. The van der Waals surface area contributed by atoms with Crippen molar-refractivity contribution in [3.8, 4) is 22.8 Å². The van der Waals surface area contributed by atoms with Gasteiger partial charge in [0.25, 0.3) is 11.5 Å². The highest BCUT2D eigenvalue weighted by Crippen LogP contribution is 2.24. The summed E-state index contributed by atoms with van der Waals surface area (Å²) in [4.78, 5) is 25.5. The summed E-state index contributed by atoms with van der Waals surface area (Å²) in [5.41, 5.74) is 4.77. The third-order valence-corrected chi connectivity index (χ3v) is 5.88. The molecule has 0 radical (unpaired) electrons. The zero-order valence-electron chi connectivity index (χ0n) is 20.9. The average Bonchev–Trinajstić information content (AvgIpc) is 3.35. The molecule has 2 heterocycles. The molecule has 0 fully saturated rings. The van der Waals surface area contributed by atoms with Crippen LogP contribution >= 0.6 is 0 Å². The van der Waals surface area contributed by atoms with Crippen LogP contribution in [0.15, 0.2) is 87.8 Å². The van der Waals surface area contributed by atoms with Crippen LogP contribution in [0.1, 0.15) is 18.1 Å². The lowest BCUT2D eigenvalue weighted by atomic mass is 10.0. The van der Waals surface area contributed by atoms with E-state index in [-0.39, 0.29) is 11.5 Å². The van der Waals surface area contributed by atoms with Gasteiger partial charge in [0, 0.05) is 25.2 Å². The third kappa shape index (κ3) is 4.93. The Morgan fingerprint density at radius 2 is 1.50 bits per heavy atom. The maximum atomic E-state index is 12.7. The van der Waals surface area contributed by atoms with Crippen molar-refractivity contribution < 1.29 is 14.3 Å². The van der Waals surface area contributed by atoms with Gasteiger partial charge >= 0.3 is 0 Å². The lowest BCUT2D eigenvalue weighted by molar-refractivity contribution is -0.124. The van der Waals surface area contributed by atoms with Gasteiger partial charge in [-0.05, 0) is 67.6 Å². The first-order valence-electron chi connectivity index (χ1n) is 11.3. The standard InChI is InChI=1S/C28H28N4O4/c1-18(6-16-23-25(29-31(2)27(23)33)19-8-12-21(35-4)13-9-19)7-17-24-26(30-32(3)28(24)34)20-10-14-22(36-5)15-11-20/h6-17,29H,1-5H3. The molecule has 2 aromatic carbocycles. The zero-order chi connectivity index (χ0) is 25.8. The molecule has 0 atom stereocenters. The van der Waals surface area contributed by atoms with Crippen LogP contribution in [0, 0.1) is 0 Å². The Morgan fingerprint density at radius 3 is 2.08 bits per heavy atom. The SMILES string of the molecule is COc1ccc(C2=NN(C)C(=O)C2=CC=C(C)C=Cc2c(-c3ccc(OC)cc3)[nH]n(C)c2=O)cc1. The number of hydrogen-bond donors (Lipinski definition) is 1. The molecule has 0 unspecified atom stereocenters. The molecule has 0 aliphatic carbocycles. The Hall–Kier alpha value is -4.59. The molecule has 1 aliphatic rings. The number of benzene rings is 2. The van der Waals surface area contributed by atoms with Crippen molar-refractivity contribution in [2.75, 3.05) is 21.3 Å². The molecule has 0 saturated carbocycles. The second-order valence-corrected chi connectivity index (χ2v) is 8.32. The summed E-state index contributed by atoms with van der Waals surface area (Å²) >= 11 is 0. The van der Waals surface area contributed by atoms with E-state index < -0.39 is 0 Å². The number of aryl methyl sites for hydroxylation is 1. The highest BCUT2D eigenvalue weighted by atomic mass is 16.5. The number of ether oxygens (including phenoxy) is 2. The van der Waals surface area contributed by atoms with Crippen LogP contribution in [0.5, 0.6) is 11.5 Å². The van der Waals surface area contributed by atoms with Crippen molar-refractivity contribution in [1.29, 1.82) is 0 Å². The molecule has 0 spiro atoms. The fourth-order valence-electron chi connectivity index (χ4n) is 3.82. The van der Waals surface area contributed by atoms with Crippen LogP contribution in [0.4, 0.5) is 0 Å². The number of rotatable bonds is 7. The first-order valence-corrected chi connectivity index (χ1v) is 11.3. The van der Waals surface area contributed by atoms with E-state index >= 15 is 0 Å². The number of H-pyrrole nitrogens is 1. The largest absolute Gasteiger partial charge is 0.497 e. The predicted octanol–water partition coefficient (Wildman–Crippen LogP) is 4.16. The Kier molecular flexibility index (Phi) is 7.05. The van der Waals surface area contributed by atoms with E-state index in [9.17, 15) is 9.59 Å². The number of nitrogens with zero attached hydrogens (tertiary/aromatic N) is 3. The van der Waals surface area contributed by atoms with Gasteiger partial charge in [-0.3, -0.25) is 19.4 Å². The lowest BCUT2D eigenvalue weighted by Crippen LogP contribution is -2.17. The molecule has 1 amide bonds. The highest BCUT2D eigenvalue weighted by Gasteiger charge is 2.27. The maximum Gasteiger partial charge on any atom is 0.275 e. The van der Waals surface area contributed by atoms with Crippen molar-refractivity contribution >= 4 is 17.7 Å². The molecule has 184 valence electrons. The Labute approximate surface area is 209 Å². The molecule has 3 aromatic rings. The van der Waals surface area contributed by atoms with E-state index in [4.69, 9.17) is 9.47 Å². The monoisotopic (exact) mass is 484 g/mol. The quantitative estimate of drug-likeness (QED) is 0.403. The van der Waals surface area contributed by atoms with Gasteiger partial charge in [0.15, 0.2) is 0 Å². The van der Waals surface area contributed by atoms with E-state index in [2.05, 4.69) is 10.2 Å². The first-order chi connectivity index (χ1) is 17.3. The van der Waals surface area contributed by atoms with Crippen LogP contribution in [-0.2, 0) is 11.8 Å². The second kappa shape index (κ2) is 10.4. The molecule has 0 bridgehead atoms. The topological polar surface area (TPSA) is 88.9 Å². The van der Waals surface area contributed by atoms with Gasteiger partial charge in [-0.15, -0.1) is 0 Å². The number of hydrogen-bond acceptors (Lipinski definition) is 5. The number of carbonyl (C=O) groups excluding carboxylic acids is 1. The van der Waals surface area contributed by atoms with Crippen molar-refractivity contribution in [2.24, 2.45) is 12.1 Å². The molecule has 1 aliphatic heterocycles. The molecule has 1 N–H and O–H groups in total. The number of carbonyl (C=O) groups is 1. The maximum absolute atomic E-state index is 12.7. The van der Waals surface area contributed by atoms with Crippen molar-refractivity contribution in [3.63, 3.8) is 0 Å². The van der Waals surface area contributed by atoms with E-state index in [0.29, 0.717) is 22.5 Å². The van der Waals surface area contributed by atoms with Gasteiger partial charge in [0.05, 0.1) is 31.1 Å². The fraction of sp³-hybridized carbons (Fsp3) is 0.179. The fourth-order valence-corrected chi connectivity index (χ4v) is 3.82. The Bertz CT molecular complexity index is 1450. The van der Waals surface area contributed by atoms with Crippen LogP contribution in [-0.4, -0.2) is 47.7 Å². The predicted molar refractivity (Wildman–Crippen MR) is 141 cm³/mol. The smallest absolute Gasteiger partial charge is 0.275 e. The highest BCUT2D eigenvalue weighted by molar-refractivity contribution is 6.30. The summed E-state index contributed by atoms with van der Waals surface area (Å²) < 4.78 is 11.9. The number of aromatic nitrogens is 2. The van der Waals surface area contributed by atoms with Crippen LogP contribution in [0.25, 0.3) is 17.3 Å². The summed E-state index contributed by atoms with van der Waals surface area (Å²) in [5, 5.41) is 8.85. The van der Waals surface area contributed by atoms with Gasteiger partial charge in [-0.1, -0.05) is 17.7 Å². The summed E-state index contributed by atoms with van der Waals surface area (Å²) in [6.07, 6.45) is 7.23. The van der Waals surface area contributed by atoms with E-state index in [1.165, 1.54) is 9.69 Å². The third-order valence-electron chi connectivity index (χ3n) is 5.88. The lowest BCUT2D eigenvalue weighted by Gasteiger charge is -2.03. The van der Waals surface area contributed by atoms with E-state index in [1.807, 2.05) is 67.6 Å². The van der Waals surface area contributed by atoms with Crippen molar-refractivity contribution in [3.05, 3.63) is 99.4 Å². The minimum atomic E-state index is -0.185. The average molecular weight is 485 g/mol. The number of methoxy groups -OCH3 is 2. The summed E-state index contributed by atoms with van der Waals surface area (Å²) in [6, 6.07) is 14.9. The van der Waals surface area contributed by atoms with Crippen molar-refractivity contribution in [1.82, 2.24) is 14.8 Å². The zero-order valence-corrected chi connectivity index (χ0v) is 20.9. The Balaban J connectivity index is 1.62. The van der Waals surface area contributed by atoms with Gasteiger partial charge < -0.3 is 9.47 Å². The van der Waals surface area contributed by atoms with Gasteiger partial charge in [0.1, 0.15) is 17.2 Å². The Morgan fingerprint density at radius 1 is 0.917 bits per heavy atom. The summed E-state index contributed by atoms with van der Waals surface area (Å²) in [6.45, 7) is 1.91. The minimum absolute atomic E-state index is 0.134. The minimum Gasteiger partial charge on any atom is -0.497 e. The number of aromatic amines is 1. The molecular weight excluding hydrogens is 456 g/mol. The first kappa shape index (κ1) is 24.5. The van der Waals surface area contributed by atoms with Crippen LogP contribution < -0.4 is 15.0 Å². The van der Waals surface area contributed by atoms with Gasteiger partial charge in [-0.25, -0.2) is 5.01 Å². The molecule has 8 heteroatoms. The molecule has 8 nitrogen and oxygen atoms in total. The second-order valence-electron chi connectivity index (χ2n) is 8.32. The van der Waals surface area contributed by atoms with Crippen LogP contribution in [0.3, 0.4) is 0 Å². The molecular formula is C28H28N4O4. The van der Waals surface area contributed by atoms with Crippen molar-refractivity contribution in [2.45, 2.75) is 6.92 Å². The van der Waals surface area contributed by atoms with E-state index in [1.54, 1.807) is 40.5 Å². The van der Waals surface area contributed by atoms with Crippen LogP contribution in [0.2, 0.25) is 0 Å². The normalized spacial score (nSPS) is 15.2. The number of hydrazone groups is 1. The molecule has 4 rings (SSSR count). The van der Waals surface area contributed by atoms with E-state index in [0.717, 1.165) is 28.2 Å².